The molecule has 1 aromatic carbocycles. The minimum atomic E-state index is -0.719. The third kappa shape index (κ3) is 2.92. The van der Waals surface area contributed by atoms with Gasteiger partial charge in [0, 0.05) is 12.3 Å². The number of nitrogens with zero attached hydrogens (tertiary/aromatic N) is 4. The van der Waals surface area contributed by atoms with Crippen molar-refractivity contribution in [1.29, 1.82) is 0 Å². The van der Waals surface area contributed by atoms with Crippen LogP contribution in [0, 0.1) is 5.82 Å². The second-order valence-electron chi connectivity index (χ2n) is 4.60. The van der Waals surface area contributed by atoms with E-state index in [2.05, 4.69) is 15.5 Å². The van der Waals surface area contributed by atoms with Crippen LogP contribution < -0.4 is 17.0 Å². The molecule has 0 aliphatic heterocycles. The van der Waals surface area contributed by atoms with E-state index < -0.39 is 5.76 Å². The maximum absolute atomic E-state index is 13.4. The molecule has 0 aliphatic rings. The van der Waals surface area contributed by atoms with Crippen molar-refractivity contribution in [3.05, 3.63) is 34.6 Å². The summed E-state index contributed by atoms with van der Waals surface area (Å²) in [5.74, 6) is -0.369. The minimum absolute atomic E-state index is 0.127. The van der Waals surface area contributed by atoms with Gasteiger partial charge in [-0.25, -0.2) is 18.4 Å². The van der Waals surface area contributed by atoms with Crippen molar-refractivity contribution in [3.63, 3.8) is 0 Å². The van der Waals surface area contributed by atoms with Crippen LogP contribution in [0.25, 0.3) is 17.2 Å². The van der Waals surface area contributed by atoms with Crippen molar-refractivity contribution >= 4 is 25.1 Å². The number of benzene rings is 1. The summed E-state index contributed by atoms with van der Waals surface area (Å²) in [4.78, 5) is 12.0. The third-order valence-corrected chi connectivity index (χ3v) is 4.01. The molecule has 3 aromatic rings. The molecule has 0 unspecified atom stereocenters. The lowest BCUT2D eigenvalue weighted by atomic mass is 9.95. The Bertz CT molecular complexity index is 893. The Morgan fingerprint density at radius 1 is 1.35 bits per heavy atom. The molecule has 23 heavy (non-hydrogen) atoms. The average molecular weight is 335 g/mol. The molecule has 2 N–H and O–H groups in total. The predicted molar refractivity (Wildman–Crippen MR) is 83.3 cm³/mol. The van der Waals surface area contributed by atoms with Gasteiger partial charge in [-0.3, -0.25) is 4.52 Å². The van der Waals surface area contributed by atoms with Gasteiger partial charge in [0.15, 0.2) is 10.7 Å². The first-order chi connectivity index (χ1) is 11.1. The van der Waals surface area contributed by atoms with E-state index in [1.165, 1.54) is 34.5 Å². The molecular formula is C12H11BFN5O3S. The van der Waals surface area contributed by atoms with Crippen molar-refractivity contribution in [2.75, 3.05) is 12.3 Å². The molecule has 0 amide bonds. The highest BCUT2D eigenvalue weighted by molar-refractivity contribution is 7.99. The zero-order valence-electron chi connectivity index (χ0n) is 12.0. The SMILES string of the molecule is Bc1cc(-n2c(-c3nonc3SCCN)noc2=O)ccc1F. The fourth-order valence-corrected chi connectivity index (χ4v) is 2.63. The highest BCUT2D eigenvalue weighted by Crippen LogP contribution is 2.27. The van der Waals surface area contributed by atoms with Crippen LogP contribution in [0.2, 0.25) is 0 Å². The summed E-state index contributed by atoms with van der Waals surface area (Å²) in [6.45, 7) is 0.444. The summed E-state index contributed by atoms with van der Waals surface area (Å²) < 4.78 is 24.1. The molecule has 2 heterocycles. The Balaban J connectivity index is 2.11. The molecule has 0 atom stereocenters. The number of halogens is 1. The summed E-state index contributed by atoms with van der Waals surface area (Å²) in [7, 11) is 1.59. The number of nitrogens with two attached hydrogens (primary N) is 1. The number of rotatable bonds is 5. The fourth-order valence-electron chi connectivity index (χ4n) is 1.96. The number of aromatic nitrogens is 4. The van der Waals surface area contributed by atoms with Crippen LogP contribution in [0.5, 0.6) is 0 Å². The van der Waals surface area contributed by atoms with E-state index in [-0.39, 0.29) is 17.3 Å². The monoisotopic (exact) mass is 335 g/mol. The van der Waals surface area contributed by atoms with Crippen LogP contribution in [0.15, 0.2) is 37.2 Å². The molecule has 3 rings (SSSR count). The number of hydrogen-bond acceptors (Lipinski definition) is 8. The smallest absolute Gasteiger partial charge is 0.330 e. The highest BCUT2D eigenvalue weighted by Gasteiger charge is 2.23. The largest absolute Gasteiger partial charge is 0.446 e. The molecule has 11 heteroatoms. The zero-order chi connectivity index (χ0) is 16.4. The van der Waals surface area contributed by atoms with Gasteiger partial charge >= 0.3 is 5.76 Å². The van der Waals surface area contributed by atoms with E-state index in [0.717, 1.165) is 0 Å². The Morgan fingerprint density at radius 3 is 2.91 bits per heavy atom. The van der Waals surface area contributed by atoms with Gasteiger partial charge in [-0.1, -0.05) is 22.4 Å². The normalized spacial score (nSPS) is 11.0. The zero-order valence-corrected chi connectivity index (χ0v) is 12.8. The van der Waals surface area contributed by atoms with Crippen molar-refractivity contribution in [2.45, 2.75) is 5.03 Å². The average Bonchev–Trinajstić information content (AvgIpc) is 3.14. The molecule has 0 bridgehead atoms. The van der Waals surface area contributed by atoms with Crippen molar-refractivity contribution in [1.82, 2.24) is 20.0 Å². The topological polar surface area (TPSA) is 113 Å². The first kappa shape index (κ1) is 15.5. The molecule has 2 aromatic heterocycles. The van der Waals surface area contributed by atoms with E-state index in [0.29, 0.717) is 28.5 Å². The lowest BCUT2D eigenvalue weighted by Gasteiger charge is -2.05. The first-order valence-corrected chi connectivity index (χ1v) is 7.61. The molecule has 0 fully saturated rings. The summed E-state index contributed by atoms with van der Waals surface area (Å²) in [6.07, 6.45) is 0. The molecule has 0 saturated carbocycles. The van der Waals surface area contributed by atoms with E-state index in [9.17, 15) is 9.18 Å². The Morgan fingerprint density at radius 2 is 2.17 bits per heavy atom. The Kier molecular flexibility index (Phi) is 4.30. The maximum Gasteiger partial charge on any atom is 0.446 e. The van der Waals surface area contributed by atoms with Crippen LogP contribution in [0.3, 0.4) is 0 Å². The van der Waals surface area contributed by atoms with E-state index >= 15 is 0 Å². The fraction of sp³-hybridized carbons (Fsp3) is 0.167. The van der Waals surface area contributed by atoms with Crippen LogP contribution in [0.4, 0.5) is 4.39 Å². The van der Waals surface area contributed by atoms with Crippen LogP contribution >= 0.6 is 11.8 Å². The standard InChI is InChI=1S/C12H11BFN5O3S/c13-7-5-6(1-2-8(7)14)19-10(17-21-12(19)20)9-11(18-22-16-9)23-4-3-15/h1-2,5H,3-4,13,15H2. The quantitative estimate of drug-likeness (QED) is 0.482. The Labute approximate surface area is 134 Å². The lowest BCUT2D eigenvalue weighted by Crippen LogP contribution is -2.17. The Hall–Kier alpha value is -2.40. The third-order valence-electron chi connectivity index (χ3n) is 3.03. The summed E-state index contributed by atoms with van der Waals surface area (Å²) in [5.41, 5.74) is 6.52. The van der Waals surface area contributed by atoms with Gasteiger partial charge in [0.1, 0.15) is 13.7 Å². The summed E-state index contributed by atoms with van der Waals surface area (Å²) in [5, 5.41) is 11.7. The molecular weight excluding hydrogens is 324 g/mol. The number of thioether (sulfide) groups is 1. The van der Waals surface area contributed by atoms with Crippen LogP contribution in [-0.2, 0) is 0 Å². The molecule has 0 aliphatic carbocycles. The van der Waals surface area contributed by atoms with E-state index in [1.807, 2.05) is 0 Å². The van der Waals surface area contributed by atoms with Gasteiger partial charge in [-0.05, 0) is 28.5 Å². The van der Waals surface area contributed by atoms with Gasteiger partial charge in [-0.15, -0.1) is 0 Å². The van der Waals surface area contributed by atoms with E-state index in [1.54, 1.807) is 7.85 Å². The second kappa shape index (κ2) is 6.38. The maximum atomic E-state index is 13.4. The minimum Gasteiger partial charge on any atom is -0.330 e. The van der Waals surface area contributed by atoms with Crippen molar-refractivity contribution in [2.24, 2.45) is 5.73 Å². The van der Waals surface area contributed by atoms with Gasteiger partial charge in [0.05, 0.1) is 5.69 Å². The van der Waals surface area contributed by atoms with Crippen molar-refractivity contribution < 1.29 is 13.5 Å². The molecule has 0 saturated heterocycles. The molecule has 118 valence electrons. The second-order valence-corrected chi connectivity index (χ2v) is 5.68. The molecule has 0 radical (unpaired) electrons. The van der Waals surface area contributed by atoms with Gasteiger partial charge in [-0.2, -0.15) is 0 Å². The van der Waals surface area contributed by atoms with Gasteiger partial charge in [0.25, 0.3) is 0 Å². The van der Waals surface area contributed by atoms with Gasteiger partial charge < -0.3 is 5.73 Å². The van der Waals surface area contributed by atoms with E-state index in [4.69, 9.17) is 14.9 Å². The van der Waals surface area contributed by atoms with Crippen molar-refractivity contribution in [3.8, 4) is 17.2 Å². The van der Waals surface area contributed by atoms with Gasteiger partial charge in [0.2, 0.25) is 5.82 Å². The highest BCUT2D eigenvalue weighted by atomic mass is 32.2. The first-order valence-electron chi connectivity index (χ1n) is 6.63. The molecule has 8 nitrogen and oxygen atoms in total. The molecule has 0 spiro atoms. The summed E-state index contributed by atoms with van der Waals surface area (Å²) >= 11 is 1.32. The summed E-state index contributed by atoms with van der Waals surface area (Å²) in [6, 6.07) is 4.22. The van der Waals surface area contributed by atoms with Crippen LogP contribution in [0.1, 0.15) is 0 Å². The number of hydrogen-bond donors (Lipinski definition) is 1. The van der Waals surface area contributed by atoms with Crippen LogP contribution in [-0.4, -0.2) is 40.2 Å². The lowest BCUT2D eigenvalue weighted by molar-refractivity contribution is 0.299. The predicted octanol–water partition coefficient (Wildman–Crippen LogP) is -0.676.